The van der Waals surface area contributed by atoms with Crippen LogP contribution < -0.4 is 11.5 Å². The molecule has 120 valence electrons. The van der Waals surface area contributed by atoms with Crippen LogP contribution in [-0.2, 0) is 9.59 Å². The van der Waals surface area contributed by atoms with Crippen LogP contribution in [0.15, 0.2) is 0 Å². The zero-order chi connectivity index (χ0) is 15.6. The van der Waals surface area contributed by atoms with Crippen LogP contribution in [-0.4, -0.2) is 35.2 Å². The number of hydrogen-bond acceptors (Lipinski definition) is 4. The van der Waals surface area contributed by atoms with Crippen LogP contribution in [0, 0.1) is 0 Å². The number of carbonyl (C=O) groups is 2. The van der Waals surface area contributed by atoms with Crippen molar-refractivity contribution in [3.05, 3.63) is 0 Å². The average molecular weight is 290 g/mol. The predicted octanol–water partition coefficient (Wildman–Crippen LogP) is 1.96. The highest BCUT2D eigenvalue weighted by atomic mass is 16.4. The largest absolute Gasteiger partial charge is 0.481 e. The molecule has 6 N–H and O–H groups in total. The van der Waals surface area contributed by atoms with Crippen molar-refractivity contribution in [3.63, 3.8) is 0 Å². The molecule has 0 unspecified atom stereocenters. The first-order valence-electron chi connectivity index (χ1n) is 7.38. The molecular formula is C14H30N2O4. The van der Waals surface area contributed by atoms with Crippen LogP contribution in [0.1, 0.15) is 64.2 Å². The van der Waals surface area contributed by atoms with E-state index < -0.39 is 11.9 Å². The van der Waals surface area contributed by atoms with Gasteiger partial charge in [0.1, 0.15) is 0 Å². The van der Waals surface area contributed by atoms with Crippen molar-refractivity contribution in [1.82, 2.24) is 0 Å². The molecule has 0 aliphatic rings. The molecule has 6 nitrogen and oxygen atoms in total. The third kappa shape index (κ3) is 25.6. The summed E-state index contributed by atoms with van der Waals surface area (Å²) < 4.78 is 0. The van der Waals surface area contributed by atoms with E-state index in [1.165, 1.54) is 12.8 Å². The Hall–Kier alpha value is -1.14. The van der Waals surface area contributed by atoms with Gasteiger partial charge in [-0.2, -0.15) is 0 Å². The Morgan fingerprint density at radius 2 is 0.900 bits per heavy atom. The Kier molecular flexibility index (Phi) is 18.9. The van der Waals surface area contributed by atoms with Gasteiger partial charge in [-0.3, -0.25) is 9.59 Å². The summed E-state index contributed by atoms with van der Waals surface area (Å²) >= 11 is 0. The number of carboxylic acid groups (broad SMARTS) is 2. The van der Waals surface area contributed by atoms with Crippen LogP contribution >= 0.6 is 0 Å². The summed E-state index contributed by atoms with van der Waals surface area (Å²) in [6.07, 6.45) is 8.07. The molecule has 6 heteroatoms. The third-order valence-electron chi connectivity index (χ3n) is 2.69. The minimum absolute atomic E-state index is 0.188. The maximum absolute atomic E-state index is 10.0. The van der Waals surface area contributed by atoms with E-state index in [-0.39, 0.29) is 12.8 Å². The van der Waals surface area contributed by atoms with Crippen molar-refractivity contribution >= 4 is 11.9 Å². The van der Waals surface area contributed by atoms with Gasteiger partial charge in [-0.1, -0.05) is 25.7 Å². The van der Waals surface area contributed by atoms with E-state index in [1.807, 2.05) is 0 Å². The zero-order valence-electron chi connectivity index (χ0n) is 12.4. The lowest BCUT2D eigenvalue weighted by atomic mass is 10.1. The van der Waals surface area contributed by atoms with Gasteiger partial charge in [0, 0.05) is 12.8 Å². The molecule has 0 aromatic rings. The summed E-state index contributed by atoms with van der Waals surface area (Å²) in [5.74, 6) is -1.57. The predicted molar refractivity (Wildman–Crippen MR) is 79.6 cm³/mol. The molecule has 20 heavy (non-hydrogen) atoms. The summed E-state index contributed by atoms with van der Waals surface area (Å²) in [6.45, 7) is 1.65. The summed E-state index contributed by atoms with van der Waals surface area (Å²) in [5, 5.41) is 16.5. The fourth-order valence-corrected chi connectivity index (χ4v) is 1.55. The lowest BCUT2D eigenvalue weighted by Gasteiger charge is -1.96. The minimum Gasteiger partial charge on any atom is -0.481 e. The van der Waals surface area contributed by atoms with Crippen molar-refractivity contribution < 1.29 is 19.8 Å². The first-order valence-corrected chi connectivity index (χ1v) is 7.38. The van der Waals surface area contributed by atoms with Gasteiger partial charge in [0.05, 0.1) is 0 Å². The van der Waals surface area contributed by atoms with Crippen LogP contribution in [0.3, 0.4) is 0 Å². The van der Waals surface area contributed by atoms with Gasteiger partial charge < -0.3 is 21.7 Å². The van der Waals surface area contributed by atoms with Gasteiger partial charge >= 0.3 is 11.9 Å². The molecule has 0 saturated carbocycles. The molecule has 0 rings (SSSR count). The number of unbranched alkanes of at least 4 members (excludes halogenated alkanes) is 6. The maximum Gasteiger partial charge on any atom is 0.303 e. The standard InChI is InChI=1S/C8H14O4.C6H16N2/c9-7(10)5-3-1-2-4-6-8(11)12;7-5-3-1-2-4-6-8/h1-6H2,(H,9,10)(H,11,12);1-8H2. The summed E-state index contributed by atoms with van der Waals surface area (Å²) in [7, 11) is 0. The van der Waals surface area contributed by atoms with Crippen molar-refractivity contribution in [2.45, 2.75) is 64.2 Å². The number of rotatable bonds is 12. The van der Waals surface area contributed by atoms with Gasteiger partial charge in [0.15, 0.2) is 0 Å². The molecule has 0 radical (unpaired) electrons. The highest BCUT2D eigenvalue weighted by Gasteiger charge is 1.98. The Morgan fingerprint density at radius 1 is 0.600 bits per heavy atom. The maximum atomic E-state index is 10.0. The molecule has 0 bridgehead atoms. The summed E-state index contributed by atoms with van der Waals surface area (Å²) in [4.78, 5) is 20.1. The molecule has 0 atom stereocenters. The lowest BCUT2D eigenvalue weighted by molar-refractivity contribution is -0.138. The Morgan fingerprint density at radius 3 is 1.15 bits per heavy atom. The van der Waals surface area contributed by atoms with Crippen LogP contribution in [0.5, 0.6) is 0 Å². The minimum atomic E-state index is -0.784. The van der Waals surface area contributed by atoms with E-state index in [4.69, 9.17) is 21.7 Å². The van der Waals surface area contributed by atoms with Crippen molar-refractivity contribution in [3.8, 4) is 0 Å². The summed E-state index contributed by atoms with van der Waals surface area (Å²) in [6, 6.07) is 0. The normalized spacial score (nSPS) is 9.70. The Bertz CT molecular complexity index is 211. The smallest absolute Gasteiger partial charge is 0.303 e. The fourth-order valence-electron chi connectivity index (χ4n) is 1.55. The topological polar surface area (TPSA) is 127 Å². The highest BCUT2D eigenvalue weighted by Crippen LogP contribution is 2.04. The number of aliphatic carboxylic acids is 2. The molecular weight excluding hydrogens is 260 g/mol. The number of nitrogens with two attached hydrogens (primary N) is 2. The monoisotopic (exact) mass is 290 g/mol. The first kappa shape index (κ1) is 21.2. The van der Waals surface area contributed by atoms with Crippen molar-refractivity contribution in [2.24, 2.45) is 11.5 Å². The molecule has 0 aliphatic heterocycles. The van der Waals surface area contributed by atoms with Crippen LogP contribution in [0.4, 0.5) is 0 Å². The SMILES string of the molecule is NCCCCCCN.O=C(O)CCCCCCC(=O)O. The highest BCUT2D eigenvalue weighted by molar-refractivity contribution is 5.66. The fraction of sp³-hybridized carbons (Fsp3) is 0.857. The van der Waals surface area contributed by atoms with E-state index in [1.54, 1.807) is 0 Å². The van der Waals surface area contributed by atoms with Gasteiger partial charge in [-0.25, -0.2) is 0 Å². The molecule has 0 fully saturated rings. The Labute approximate surface area is 121 Å². The summed E-state index contributed by atoms with van der Waals surface area (Å²) in [5.41, 5.74) is 10.6. The number of carboxylic acids is 2. The second-order valence-electron chi connectivity index (χ2n) is 4.69. The van der Waals surface area contributed by atoms with Crippen LogP contribution in [0.2, 0.25) is 0 Å². The van der Waals surface area contributed by atoms with E-state index >= 15 is 0 Å². The first-order chi connectivity index (χ1) is 9.54. The second kappa shape index (κ2) is 17.9. The molecule has 0 heterocycles. The quantitative estimate of drug-likeness (QED) is 0.407. The van der Waals surface area contributed by atoms with Gasteiger partial charge in [-0.05, 0) is 38.8 Å². The Balaban J connectivity index is 0. The second-order valence-corrected chi connectivity index (χ2v) is 4.69. The van der Waals surface area contributed by atoms with E-state index in [9.17, 15) is 9.59 Å². The third-order valence-corrected chi connectivity index (χ3v) is 2.69. The van der Waals surface area contributed by atoms with Crippen molar-refractivity contribution in [1.29, 1.82) is 0 Å². The molecule has 0 aromatic carbocycles. The average Bonchev–Trinajstić information content (AvgIpc) is 2.39. The van der Waals surface area contributed by atoms with E-state index in [2.05, 4.69) is 0 Å². The molecule has 0 spiro atoms. The van der Waals surface area contributed by atoms with Gasteiger partial charge in [0.2, 0.25) is 0 Å². The molecule has 0 amide bonds. The molecule has 0 saturated heterocycles. The van der Waals surface area contributed by atoms with E-state index in [0.717, 1.165) is 38.8 Å². The van der Waals surface area contributed by atoms with Gasteiger partial charge in [-0.15, -0.1) is 0 Å². The van der Waals surface area contributed by atoms with Crippen molar-refractivity contribution in [2.75, 3.05) is 13.1 Å². The number of hydrogen-bond donors (Lipinski definition) is 4. The molecule has 0 aromatic heterocycles. The molecule has 0 aliphatic carbocycles. The zero-order valence-corrected chi connectivity index (χ0v) is 12.4. The van der Waals surface area contributed by atoms with Gasteiger partial charge in [0.25, 0.3) is 0 Å². The lowest BCUT2D eigenvalue weighted by Crippen LogP contribution is -2.00. The van der Waals surface area contributed by atoms with E-state index in [0.29, 0.717) is 12.8 Å². The van der Waals surface area contributed by atoms with Crippen LogP contribution in [0.25, 0.3) is 0 Å².